The number of esters is 2. The Hall–Kier alpha value is -3.75. The van der Waals surface area contributed by atoms with Gasteiger partial charge in [0.1, 0.15) is 43.2 Å². The van der Waals surface area contributed by atoms with Crippen molar-refractivity contribution in [3.8, 4) is 0 Å². The van der Waals surface area contributed by atoms with Crippen molar-refractivity contribution in [1.29, 1.82) is 0 Å². The summed E-state index contributed by atoms with van der Waals surface area (Å²) in [6.45, 7) is 3.03. The zero-order chi connectivity index (χ0) is 47.8. The first-order chi connectivity index (χ1) is 31.4. The largest absolute Gasteiger partial charge is 0.472 e. The Kier molecular flexibility index (Phi) is 35.9. The maximum atomic E-state index is 12.8. The molecule has 13 nitrogen and oxygen atoms in total. The fourth-order valence-corrected chi connectivity index (χ4v) is 7.04. The number of phosphoric acid groups is 1. The van der Waals surface area contributed by atoms with Crippen LogP contribution in [0.5, 0.6) is 0 Å². The molecule has 0 aromatic carbocycles. The Bertz CT molecular complexity index is 1590. The fourth-order valence-electron chi connectivity index (χ4n) is 6.07. The van der Waals surface area contributed by atoms with E-state index in [1.54, 1.807) is 0 Å². The number of hydrogen-bond acceptors (Lipinski definition) is 12. The van der Waals surface area contributed by atoms with Gasteiger partial charge >= 0.3 is 19.8 Å². The van der Waals surface area contributed by atoms with Gasteiger partial charge in [-0.3, -0.25) is 18.6 Å². The molecule has 0 aromatic rings. The lowest BCUT2D eigenvalue weighted by molar-refractivity contribution is -0.220. The van der Waals surface area contributed by atoms with Crippen molar-refractivity contribution in [2.45, 2.75) is 172 Å². The molecule has 8 atom stereocenters. The molecule has 1 aliphatic carbocycles. The van der Waals surface area contributed by atoms with Gasteiger partial charge in [0.05, 0.1) is 6.61 Å². The highest BCUT2D eigenvalue weighted by atomic mass is 31.2. The molecule has 1 rings (SSSR count). The highest BCUT2D eigenvalue weighted by molar-refractivity contribution is 7.47. The number of rotatable bonds is 36. The molecule has 0 radical (unpaired) electrons. The molecule has 0 bridgehead atoms. The first-order valence-corrected chi connectivity index (χ1v) is 24.8. The SMILES string of the molecule is CC/C=C/C/C=C/C/C=C/C/C=C/C/C=C/C/C=C/CCC(=O)O[C@H](COC(=O)CCC/C=C/C/C=C/C/C=C/C/C=C/CCCCC)COP(=O)(O)OC1C(O)C(O)C(O)[C@@H](O)C1O. The normalized spacial score (nSPS) is 22.5. The van der Waals surface area contributed by atoms with E-state index in [9.17, 15) is 44.6 Å². The molecule has 6 unspecified atom stereocenters. The Morgan fingerprint density at radius 1 is 0.492 bits per heavy atom. The number of allylic oxidation sites excluding steroid dienone is 20. The Labute approximate surface area is 388 Å². The van der Waals surface area contributed by atoms with Gasteiger partial charge in [0, 0.05) is 12.8 Å². The molecule has 1 aliphatic rings. The topological polar surface area (TPSA) is 210 Å². The van der Waals surface area contributed by atoms with Crippen LogP contribution in [-0.2, 0) is 32.7 Å². The summed E-state index contributed by atoms with van der Waals surface area (Å²) >= 11 is 0. The van der Waals surface area contributed by atoms with E-state index in [2.05, 4.69) is 105 Å². The van der Waals surface area contributed by atoms with Crippen molar-refractivity contribution in [2.75, 3.05) is 13.2 Å². The third-order valence-corrected chi connectivity index (χ3v) is 10.8. The highest BCUT2D eigenvalue weighted by Gasteiger charge is 2.51. The van der Waals surface area contributed by atoms with Gasteiger partial charge in [-0.25, -0.2) is 4.57 Å². The minimum atomic E-state index is -5.16. The number of aliphatic hydroxyl groups is 5. The lowest BCUT2D eigenvalue weighted by Gasteiger charge is -2.41. The van der Waals surface area contributed by atoms with Gasteiger partial charge in [-0.2, -0.15) is 0 Å². The van der Waals surface area contributed by atoms with Gasteiger partial charge in [0.2, 0.25) is 0 Å². The van der Waals surface area contributed by atoms with E-state index < -0.39 is 75.7 Å². The van der Waals surface area contributed by atoms with Crippen molar-refractivity contribution in [1.82, 2.24) is 0 Å². The molecule has 14 heteroatoms. The number of carbonyl (C=O) groups excluding carboxylic acids is 2. The fraction of sp³-hybridized carbons (Fsp3) is 0.569. The van der Waals surface area contributed by atoms with Gasteiger partial charge in [-0.05, 0) is 89.9 Å². The molecule has 0 spiro atoms. The van der Waals surface area contributed by atoms with Crippen LogP contribution in [0.3, 0.4) is 0 Å². The maximum absolute atomic E-state index is 12.8. The number of hydrogen-bond donors (Lipinski definition) is 6. The van der Waals surface area contributed by atoms with Crippen LogP contribution in [0.15, 0.2) is 122 Å². The second-order valence-electron chi connectivity index (χ2n) is 15.5. The smallest absolute Gasteiger partial charge is 0.462 e. The molecule has 0 saturated heterocycles. The van der Waals surface area contributed by atoms with E-state index in [-0.39, 0.29) is 12.8 Å². The maximum Gasteiger partial charge on any atom is 0.472 e. The molecule has 65 heavy (non-hydrogen) atoms. The van der Waals surface area contributed by atoms with Crippen LogP contribution in [0.2, 0.25) is 0 Å². The quantitative estimate of drug-likeness (QED) is 0.0150. The highest BCUT2D eigenvalue weighted by Crippen LogP contribution is 2.47. The van der Waals surface area contributed by atoms with E-state index in [0.717, 1.165) is 57.8 Å². The van der Waals surface area contributed by atoms with Crippen molar-refractivity contribution in [3.05, 3.63) is 122 Å². The second-order valence-corrected chi connectivity index (χ2v) is 16.9. The Morgan fingerprint density at radius 3 is 1.34 bits per heavy atom. The van der Waals surface area contributed by atoms with E-state index in [4.69, 9.17) is 18.5 Å². The van der Waals surface area contributed by atoms with E-state index in [0.29, 0.717) is 25.7 Å². The van der Waals surface area contributed by atoms with Crippen LogP contribution in [0.25, 0.3) is 0 Å². The van der Waals surface area contributed by atoms with Gasteiger partial charge in [-0.1, -0.05) is 148 Å². The molecule has 0 amide bonds. The van der Waals surface area contributed by atoms with Crippen LogP contribution in [-0.4, -0.2) is 98.3 Å². The number of unbranched alkanes of at least 4 members (excludes halogenated alkanes) is 4. The van der Waals surface area contributed by atoms with Crippen LogP contribution in [0.4, 0.5) is 0 Å². The summed E-state index contributed by atoms with van der Waals surface area (Å²) in [7, 11) is -5.16. The van der Waals surface area contributed by atoms with Gasteiger partial charge in [-0.15, -0.1) is 0 Å². The third-order valence-electron chi connectivity index (χ3n) is 9.80. The predicted molar refractivity (Wildman–Crippen MR) is 257 cm³/mol. The molecule has 1 saturated carbocycles. The molecular weight excluding hydrogens is 852 g/mol. The first kappa shape index (κ1) is 59.3. The summed E-state index contributed by atoms with van der Waals surface area (Å²) in [6.07, 6.45) is 42.7. The Balaban J connectivity index is 2.57. The summed E-state index contributed by atoms with van der Waals surface area (Å²) in [5.41, 5.74) is 0. The van der Waals surface area contributed by atoms with Gasteiger partial charge in [0.15, 0.2) is 6.10 Å². The molecular formula is C51H79O13P. The van der Waals surface area contributed by atoms with Crippen LogP contribution < -0.4 is 0 Å². The van der Waals surface area contributed by atoms with Crippen LogP contribution >= 0.6 is 7.82 Å². The number of carbonyl (C=O) groups is 2. The number of phosphoric ester groups is 1. The summed E-state index contributed by atoms with van der Waals surface area (Å²) in [5, 5.41) is 50.2. The van der Waals surface area contributed by atoms with E-state index >= 15 is 0 Å². The van der Waals surface area contributed by atoms with Gasteiger partial charge < -0.3 is 39.9 Å². The zero-order valence-electron chi connectivity index (χ0n) is 38.7. The molecule has 0 aromatic heterocycles. The summed E-state index contributed by atoms with van der Waals surface area (Å²) in [6, 6.07) is 0. The van der Waals surface area contributed by atoms with E-state index in [1.807, 2.05) is 30.4 Å². The molecule has 0 heterocycles. The summed E-state index contributed by atoms with van der Waals surface area (Å²) < 4.78 is 33.4. The molecule has 6 N–H and O–H groups in total. The number of aliphatic hydroxyl groups excluding tert-OH is 5. The van der Waals surface area contributed by atoms with Crippen molar-refractivity contribution in [2.24, 2.45) is 0 Å². The molecule has 1 fully saturated rings. The van der Waals surface area contributed by atoms with Crippen molar-refractivity contribution < 1.29 is 63.1 Å². The Morgan fingerprint density at radius 2 is 0.892 bits per heavy atom. The average molecular weight is 931 g/mol. The van der Waals surface area contributed by atoms with Crippen molar-refractivity contribution >= 4 is 19.8 Å². The standard InChI is InChI=1S/C51H79O13P/c1-3-5-7-9-11-13-15-17-19-21-22-24-26-28-30-32-34-36-38-40-45(53)63-43(42-62-65(59,60)64-51-49(57)47(55)46(54)48(56)50(51)58)41-61-44(52)39-37-35-33-31-29-27-25-23-20-18-16-14-12-10-8-6-4-2/h5,7,11-14,17-20,22,24-25,27-28,30-31,33-34,36,43,46-51,54-58H,3-4,6,8-10,15-16,21,23,26,29,32,35,37-42H2,1-2H3,(H,59,60)/b7-5+,13-11+,14-12+,19-17+,20-18+,24-22+,27-25+,30-28+,33-31+,36-34+/t43-,46?,47-,48?,49?,50?,51?/m1/s1. The van der Waals surface area contributed by atoms with Gasteiger partial charge in [0.25, 0.3) is 0 Å². The molecule has 366 valence electrons. The zero-order valence-corrected chi connectivity index (χ0v) is 39.6. The summed E-state index contributed by atoms with van der Waals surface area (Å²) in [4.78, 5) is 35.7. The third kappa shape index (κ3) is 31.7. The predicted octanol–water partition coefficient (Wildman–Crippen LogP) is 9.39. The number of ether oxygens (including phenoxy) is 2. The minimum Gasteiger partial charge on any atom is -0.462 e. The average Bonchev–Trinajstić information content (AvgIpc) is 3.29. The van der Waals surface area contributed by atoms with Crippen molar-refractivity contribution in [3.63, 3.8) is 0 Å². The van der Waals surface area contributed by atoms with E-state index in [1.165, 1.54) is 19.3 Å². The molecule has 0 aliphatic heterocycles. The van der Waals surface area contributed by atoms with Crippen LogP contribution in [0, 0.1) is 0 Å². The summed E-state index contributed by atoms with van der Waals surface area (Å²) in [5.74, 6) is -1.28. The second kappa shape index (κ2) is 39.4. The first-order valence-electron chi connectivity index (χ1n) is 23.3. The minimum absolute atomic E-state index is 0.0481. The monoisotopic (exact) mass is 931 g/mol. The van der Waals surface area contributed by atoms with Crippen LogP contribution in [0.1, 0.15) is 129 Å². The lowest BCUT2D eigenvalue weighted by atomic mass is 9.85. The lowest BCUT2D eigenvalue weighted by Crippen LogP contribution is -2.64.